The lowest BCUT2D eigenvalue weighted by atomic mass is 10.0. The van der Waals surface area contributed by atoms with Gasteiger partial charge in [-0.2, -0.15) is 5.10 Å². The van der Waals surface area contributed by atoms with Crippen LogP contribution in [0.15, 0.2) is 24.3 Å². The molecule has 4 heteroatoms. The zero-order valence-corrected chi connectivity index (χ0v) is 11.6. The highest BCUT2D eigenvalue weighted by Gasteiger charge is 2.15. The van der Waals surface area contributed by atoms with Crippen molar-refractivity contribution in [2.75, 3.05) is 5.73 Å². The number of hydrogen-bond acceptors (Lipinski definition) is 3. The molecule has 102 valence electrons. The first kappa shape index (κ1) is 13.6. The first-order valence-electron chi connectivity index (χ1n) is 6.64. The Kier molecular flexibility index (Phi) is 4.22. The molecule has 1 heterocycles. The molecule has 0 unspecified atom stereocenters. The zero-order valence-electron chi connectivity index (χ0n) is 11.6. The van der Waals surface area contributed by atoms with Crippen molar-refractivity contribution in [3.05, 3.63) is 46.8 Å². The minimum absolute atomic E-state index is 0.0253. The monoisotopic (exact) mass is 259 g/mol. The van der Waals surface area contributed by atoms with Crippen molar-refractivity contribution in [3.63, 3.8) is 0 Å². The van der Waals surface area contributed by atoms with Crippen molar-refractivity contribution >= 4 is 5.69 Å². The van der Waals surface area contributed by atoms with Gasteiger partial charge < -0.3 is 10.8 Å². The number of nitrogens with zero attached hydrogens (tertiary/aromatic N) is 2. The Morgan fingerprint density at radius 3 is 2.53 bits per heavy atom. The second-order valence-electron chi connectivity index (χ2n) is 4.82. The molecule has 2 rings (SSSR count). The number of aliphatic hydroxyl groups excluding tert-OH is 1. The van der Waals surface area contributed by atoms with Crippen molar-refractivity contribution in [3.8, 4) is 0 Å². The van der Waals surface area contributed by atoms with E-state index < -0.39 is 0 Å². The summed E-state index contributed by atoms with van der Waals surface area (Å²) < 4.78 is 1.79. The third-order valence-electron chi connectivity index (χ3n) is 3.36. The Bertz CT molecular complexity index is 543. The number of aromatic nitrogens is 2. The lowest BCUT2D eigenvalue weighted by Crippen LogP contribution is -2.01. The molecule has 1 aromatic carbocycles. The van der Waals surface area contributed by atoms with Gasteiger partial charge in [0.05, 0.1) is 18.0 Å². The highest BCUT2D eigenvalue weighted by Crippen LogP contribution is 2.20. The molecular formula is C15H21N3O. The van der Waals surface area contributed by atoms with Crippen LogP contribution in [0.1, 0.15) is 35.9 Å². The van der Waals surface area contributed by atoms with Crippen LogP contribution in [0.3, 0.4) is 0 Å². The first-order valence-corrected chi connectivity index (χ1v) is 6.64. The average Bonchev–Trinajstić information content (AvgIpc) is 2.68. The highest BCUT2D eigenvalue weighted by molar-refractivity contribution is 5.41. The van der Waals surface area contributed by atoms with Crippen LogP contribution >= 0.6 is 0 Å². The van der Waals surface area contributed by atoms with E-state index >= 15 is 0 Å². The number of aliphatic hydroxyl groups is 1. The number of rotatable bonds is 5. The third-order valence-corrected chi connectivity index (χ3v) is 3.36. The molecule has 4 nitrogen and oxygen atoms in total. The number of nitrogens with two attached hydrogens (primary N) is 1. The smallest absolute Gasteiger partial charge is 0.0852 e. The maximum Gasteiger partial charge on any atom is 0.0852 e. The average molecular weight is 259 g/mol. The molecule has 0 bridgehead atoms. The van der Waals surface area contributed by atoms with E-state index in [1.54, 1.807) is 4.68 Å². The third kappa shape index (κ3) is 2.96. The molecule has 0 amide bonds. The predicted octanol–water partition coefficient (Wildman–Crippen LogP) is 2.04. The molecule has 0 saturated heterocycles. The van der Waals surface area contributed by atoms with Crippen LogP contribution in [0, 0.1) is 0 Å². The van der Waals surface area contributed by atoms with E-state index in [0.29, 0.717) is 0 Å². The summed E-state index contributed by atoms with van der Waals surface area (Å²) >= 11 is 0. The molecule has 1 aromatic heterocycles. The van der Waals surface area contributed by atoms with Gasteiger partial charge in [-0.25, -0.2) is 0 Å². The zero-order chi connectivity index (χ0) is 13.8. The quantitative estimate of drug-likeness (QED) is 0.808. The van der Waals surface area contributed by atoms with Gasteiger partial charge in [-0.05, 0) is 24.1 Å². The molecule has 19 heavy (non-hydrogen) atoms. The van der Waals surface area contributed by atoms with Gasteiger partial charge in [0.2, 0.25) is 0 Å². The molecule has 2 aromatic rings. The predicted molar refractivity (Wildman–Crippen MR) is 76.8 cm³/mol. The number of aryl methyl sites for hydroxylation is 2. The van der Waals surface area contributed by atoms with Crippen LogP contribution in [-0.4, -0.2) is 14.9 Å². The molecule has 0 radical (unpaired) electrons. The van der Waals surface area contributed by atoms with Gasteiger partial charge in [-0.15, -0.1) is 0 Å². The van der Waals surface area contributed by atoms with E-state index in [0.717, 1.165) is 41.9 Å². The Balaban J connectivity index is 2.34. The van der Waals surface area contributed by atoms with Crippen LogP contribution in [0.25, 0.3) is 0 Å². The fourth-order valence-corrected chi connectivity index (χ4v) is 2.34. The summed E-state index contributed by atoms with van der Waals surface area (Å²) in [5, 5.41) is 14.0. The van der Waals surface area contributed by atoms with E-state index in [2.05, 4.69) is 12.0 Å². The lowest BCUT2D eigenvalue weighted by molar-refractivity contribution is 0.269. The molecule has 0 aliphatic rings. The van der Waals surface area contributed by atoms with Gasteiger partial charge in [0.25, 0.3) is 0 Å². The molecule has 0 aliphatic carbocycles. The van der Waals surface area contributed by atoms with Gasteiger partial charge in [-0.3, -0.25) is 4.68 Å². The summed E-state index contributed by atoms with van der Waals surface area (Å²) in [6, 6.07) is 7.87. The summed E-state index contributed by atoms with van der Waals surface area (Å²) in [4.78, 5) is 0. The molecule has 0 aliphatic heterocycles. The van der Waals surface area contributed by atoms with Gasteiger partial charge in [-0.1, -0.05) is 25.5 Å². The first-order chi connectivity index (χ1) is 9.15. The van der Waals surface area contributed by atoms with Crippen LogP contribution in [0.5, 0.6) is 0 Å². The van der Waals surface area contributed by atoms with Gasteiger partial charge in [0.15, 0.2) is 0 Å². The van der Waals surface area contributed by atoms with E-state index in [1.807, 2.05) is 31.3 Å². The Morgan fingerprint density at radius 1 is 1.26 bits per heavy atom. The fourth-order valence-electron chi connectivity index (χ4n) is 2.34. The van der Waals surface area contributed by atoms with Crippen molar-refractivity contribution < 1.29 is 5.11 Å². The van der Waals surface area contributed by atoms with Gasteiger partial charge in [0, 0.05) is 24.7 Å². The molecule has 0 atom stereocenters. The second kappa shape index (κ2) is 5.89. The maximum atomic E-state index is 9.52. The van der Waals surface area contributed by atoms with Crippen molar-refractivity contribution in [1.29, 1.82) is 0 Å². The normalized spacial score (nSPS) is 10.9. The molecule has 3 N–H and O–H groups in total. The van der Waals surface area contributed by atoms with Crippen LogP contribution in [0.2, 0.25) is 0 Å². The standard InChI is InChI=1S/C15H21N3O/c1-3-4-14-13(15(10-19)18(2)17-14)9-11-5-7-12(16)8-6-11/h5-8,19H,3-4,9-10,16H2,1-2H3. The molecule has 0 saturated carbocycles. The maximum absolute atomic E-state index is 9.52. The van der Waals surface area contributed by atoms with E-state index in [4.69, 9.17) is 5.73 Å². The van der Waals surface area contributed by atoms with Crippen LogP contribution in [-0.2, 0) is 26.5 Å². The second-order valence-corrected chi connectivity index (χ2v) is 4.82. The minimum atomic E-state index is 0.0253. The fraction of sp³-hybridized carbons (Fsp3) is 0.400. The highest BCUT2D eigenvalue weighted by atomic mass is 16.3. The van der Waals surface area contributed by atoms with Crippen LogP contribution < -0.4 is 5.73 Å². The number of benzene rings is 1. The SMILES string of the molecule is CCCc1nn(C)c(CO)c1Cc1ccc(N)cc1. The van der Waals surface area contributed by atoms with Crippen LogP contribution in [0.4, 0.5) is 5.69 Å². The lowest BCUT2D eigenvalue weighted by Gasteiger charge is -2.06. The molecule has 0 fully saturated rings. The number of hydrogen-bond donors (Lipinski definition) is 2. The Morgan fingerprint density at radius 2 is 1.95 bits per heavy atom. The summed E-state index contributed by atoms with van der Waals surface area (Å²) in [5.41, 5.74) is 10.8. The summed E-state index contributed by atoms with van der Waals surface area (Å²) in [6.07, 6.45) is 2.79. The molecular weight excluding hydrogens is 238 g/mol. The van der Waals surface area contributed by atoms with Gasteiger partial charge in [0.1, 0.15) is 0 Å². The Hall–Kier alpha value is -1.81. The van der Waals surface area contributed by atoms with Crippen molar-refractivity contribution in [1.82, 2.24) is 9.78 Å². The largest absolute Gasteiger partial charge is 0.399 e. The van der Waals surface area contributed by atoms with Gasteiger partial charge >= 0.3 is 0 Å². The topological polar surface area (TPSA) is 64.1 Å². The number of nitrogen functional groups attached to an aromatic ring is 1. The summed E-state index contributed by atoms with van der Waals surface area (Å²) in [7, 11) is 1.89. The van der Waals surface area contributed by atoms with E-state index in [9.17, 15) is 5.11 Å². The van der Waals surface area contributed by atoms with E-state index in [1.165, 1.54) is 5.56 Å². The van der Waals surface area contributed by atoms with Crippen molar-refractivity contribution in [2.45, 2.75) is 32.8 Å². The number of anilines is 1. The van der Waals surface area contributed by atoms with Crippen molar-refractivity contribution in [2.24, 2.45) is 7.05 Å². The minimum Gasteiger partial charge on any atom is -0.399 e. The summed E-state index contributed by atoms with van der Waals surface area (Å²) in [5.74, 6) is 0. The molecule has 0 spiro atoms. The van der Waals surface area contributed by atoms with E-state index in [-0.39, 0.29) is 6.61 Å². The summed E-state index contributed by atoms with van der Waals surface area (Å²) in [6.45, 7) is 2.16. The Labute approximate surface area is 113 Å².